The van der Waals surface area contributed by atoms with Crippen LogP contribution in [0.1, 0.15) is 6.92 Å². The molecule has 1 aromatic rings. The second-order valence-electron chi connectivity index (χ2n) is 3.62. The molecule has 0 fully saturated rings. The number of ether oxygens (including phenoxy) is 3. The van der Waals surface area contributed by atoms with Gasteiger partial charge < -0.3 is 14.2 Å². The van der Waals surface area contributed by atoms with Gasteiger partial charge in [-0.25, -0.2) is 4.79 Å². The fourth-order valence-electron chi connectivity index (χ4n) is 1.30. The van der Waals surface area contributed by atoms with Gasteiger partial charge in [-0.2, -0.15) is 0 Å². The third-order valence-corrected chi connectivity index (χ3v) is 2.54. The molecule has 8 heteroatoms. The topological polar surface area (TPSA) is 44.8 Å². The first kappa shape index (κ1) is 17.4. The molecule has 21 heavy (non-hydrogen) atoms. The van der Waals surface area contributed by atoms with Crippen molar-refractivity contribution < 1.29 is 32.2 Å². The highest BCUT2D eigenvalue weighted by Crippen LogP contribution is 2.27. The molecular formula is C13H12BrF3O4. The van der Waals surface area contributed by atoms with Crippen LogP contribution >= 0.6 is 15.9 Å². The summed E-state index contributed by atoms with van der Waals surface area (Å²) in [5.74, 6) is -0.718. The summed E-state index contributed by atoms with van der Waals surface area (Å²) < 4.78 is 50.1. The van der Waals surface area contributed by atoms with Crippen molar-refractivity contribution in [3.8, 4) is 11.5 Å². The van der Waals surface area contributed by atoms with Gasteiger partial charge in [0.15, 0.2) is 0 Å². The summed E-state index contributed by atoms with van der Waals surface area (Å²) in [5.41, 5.74) is 0. The van der Waals surface area contributed by atoms with Crippen LogP contribution in [0.5, 0.6) is 11.5 Å². The number of rotatable bonds is 6. The maximum Gasteiger partial charge on any atom is 0.573 e. The van der Waals surface area contributed by atoms with E-state index in [1.165, 1.54) is 12.1 Å². The minimum absolute atomic E-state index is 0.103. The van der Waals surface area contributed by atoms with Gasteiger partial charge in [0.1, 0.15) is 17.3 Å². The molecule has 0 radical (unpaired) electrons. The van der Waals surface area contributed by atoms with E-state index in [0.717, 1.165) is 18.2 Å². The van der Waals surface area contributed by atoms with Crippen LogP contribution in [0.4, 0.5) is 13.2 Å². The smallest absolute Gasteiger partial charge is 0.463 e. The maximum atomic E-state index is 12.1. The molecule has 0 atom stereocenters. The Labute approximate surface area is 127 Å². The number of carbonyl (C=O) groups excluding carboxylic acids is 1. The Hall–Kier alpha value is -1.70. The average molecular weight is 369 g/mol. The van der Waals surface area contributed by atoms with E-state index in [4.69, 9.17) is 9.47 Å². The number of halogens is 4. The molecule has 0 saturated heterocycles. The van der Waals surface area contributed by atoms with Gasteiger partial charge in [-0.3, -0.25) is 0 Å². The highest BCUT2D eigenvalue weighted by atomic mass is 79.9. The van der Waals surface area contributed by atoms with Crippen LogP contribution in [0.15, 0.2) is 36.1 Å². The minimum Gasteiger partial charge on any atom is -0.463 e. The molecule has 0 aliphatic rings. The van der Waals surface area contributed by atoms with E-state index in [2.05, 4.69) is 20.7 Å². The molecule has 0 aromatic heterocycles. The van der Waals surface area contributed by atoms with Gasteiger partial charge in [-0.15, -0.1) is 13.2 Å². The first-order chi connectivity index (χ1) is 9.84. The second-order valence-corrected chi connectivity index (χ2v) is 4.18. The highest BCUT2D eigenvalue weighted by molar-refractivity contribution is 9.09. The van der Waals surface area contributed by atoms with E-state index in [1.807, 2.05) is 0 Å². The van der Waals surface area contributed by atoms with Gasteiger partial charge in [0.2, 0.25) is 0 Å². The van der Waals surface area contributed by atoms with E-state index < -0.39 is 18.1 Å². The van der Waals surface area contributed by atoms with Crippen LogP contribution in [0.2, 0.25) is 0 Å². The molecule has 1 rings (SSSR count). The van der Waals surface area contributed by atoms with Crippen molar-refractivity contribution in [1.29, 1.82) is 0 Å². The molecule has 1 aromatic carbocycles. The van der Waals surface area contributed by atoms with Crippen molar-refractivity contribution in [3.05, 3.63) is 36.1 Å². The van der Waals surface area contributed by atoms with Crippen LogP contribution < -0.4 is 9.47 Å². The number of hydrogen-bond acceptors (Lipinski definition) is 4. The van der Waals surface area contributed by atoms with Crippen LogP contribution in [0.3, 0.4) is 0 Å². The monoisotopic (exact) mass is 368 g/mol. The zero-order chi connectivity index (χ0) is 15.9. The third-order valence-electron chi connectivity index (χ3n) is 1.99. The molecular weight excluding hydrogens is 357 g/mol. The molecule has 4 nitrogen and oxygen atoms in total. The highest BCUT2D eigenvalue weighted by Gasteiger charge is 2.31. The Bertz CT molecular complexity index is 514. The summed E-state index contributed by atoms with van der Waals surface area (Å²) >= 11 is 3.11. The Kier molecular flexibility index (Phi) is 6.54. The Morgan fingerprint density at radius 2 is 2.00 bits per heavy atom. The normalized spacial score (nSPS) is 12.0. The molecule has 0 unspecified atom stereocenters. The van der Waals surface area contributed by atoms with Crippen LogP contribution in [-0.2, 0) is 9.53 Å². The summed E-state index contributed by atoms with van der Waals surface area (Å²) in [6.07, 6.45) is -3.67. The molecule has 0 heterocycles. The molecule has 0 N–H and O–H groups in total. The number of benzene rings is 1. The number of esters is 1. The predicted molar refractivity (Wildman–Crippen MR) is 72.3 cm³/mol. The van der Waals surface area contributed by atoms with Crippen molar-refractivity contribution in [1.82, 2.24) is 0 Å². The summed E-state index contributed by atoms with van der Waals surface area (Å²) in [4.78, 5) is 11.3. The van der Waals surface area contributed by atoms with Gasteiger partial charge in [-0.1, -0.05) is 22.0 Å². The molecule has 0 amide bonds. The lowest BCUT2D eigenvalue weighted by molar-refractivity contribution is -0.274. The lowest BCUT2D eigenvalue weighted by Crippen LogP contribution is -2.17. The molecule has 116 valence electrons. The first-order valence-corrected chi connectivity index (χ1v) is 6.93. The number of hydrogen-bond donors (Lipinski definition) is 0. The summed E-state index contributed by atoms with van der Waals surface area (Å²) in [7, 11) is 0. The van der Waals surface area contributed by atoms with Crippen molar-refractivity contribution in [2.45, 2.75) is 13.3 Å². The number of alkyl halides is 4. The zero-order valence-electron chi connectivity index (χ0n) is 10.9. The summed E-state index contributed by atoms with van der Waals surface area (Å²) in [6, 6.07) is 4.98. The molecule has 0 spiro atoms. The summed E-state index contributed by atoms with van der Waals surface area (Å²) in [5, 5.41) is 0.191. The fourth-order valence-corrected chi connectivity index (χ4v) is 1.57. The van der Waals surface area contributed by atoms with E-state index >= 15 is 0 Å². The van der Waals surface area contributed by atoms with Gasteiger partial charge in [0.05, 0.1) is 18.0 Å². The third kappa shape index (κ3) is 7.03. The zero-order valence-corrected chi connectivity index (χ0v) is 12.5. The lowest BCUT2D eigenvalue weighted by Gasteiger charge is -2.11. The van der Waals surface area contributed by atoms with Gasteiger partial charge in [0.25, 0.3) is 0 Å². The van der Waals surface area contributed by atoms with Crippen LogP contribution in [0, 0.1) is 0 Å². The molecule has 0 aliphatic heterocycles. The Morgan fingerprint density at radius 3 is 2.57 bits per heavy atom. The predicted octanol–water partition coefficient (Wildman–Crippen LogP) is 3.81. The minimum atomic E-state index is -4.78. The van der Waals surface area contributed by atoms with Crippen molar-refractivity contribution in [3.63, 3.8) is 0 Å². The standard InChI is InChI=1S/C13H12BrF3O4/c1-2-19-12(18)7-11(8-14)20-9-4-3-5-10(6-9)21-13(15,16)17/h3-7H,2,8H2,1H3. The van der Waals surface area contributed by atoms with Crippen molar-refractivity contribution in [2.24, 2.45) is 0 Å². The van der Waals surface area contributed by atoms with E-state index in [0.29, 0.717) is 0 Å². The SMILES string of the molecule is CCOC(=O)C=C(CBr)Oc1cccc(OC(F)(F)F)c1. The van der Waals surface area contributed by atoms with Crippen molar-refractivity contribution in [2.75, 3.05) is 11.9 Å². The second kappa shape index (κ2) is 7.92. The van der Waals surface area contributed by atoms with Crippen LogP contribution in [-0.4, -0.2) is 24.3 Å². The van der Waals surface area contributed by atoms with E-state index in [1.54, 1.807) is 6.92 Å². The van der Waals surface area contributed by atoms with Crippen LogP contribution in [0.25, 0.3) is 0 Å². The van der Waals surface area contributed by atoms with Gasteiger partial charge >= 0.3 is 12.3 Å². The van der Waals surface area contributed by atoms with E-state index in [9.17, 15) is 18.0 Å². The lowest BCUT2D eigenvalue weighted by atomic mass is 10.3. The number of allylic oxidation sites excluding steroid dienone is 1. The van der Waals surface area contributed by atoms with E-state index in [-0.39, 0.29) is 23.4 Å². The average Bonchev–Trinajstić information content (AvgIpc) is 2.36. The largest absolute Gasteiger partial charge is 0.573 e. The van der Waals surface area contributed by atoms with Gasteiger partial charge in [0, 0.05) is 6.07 Å². The molecule has 0 saturated carbocycles. The molecule has 0 aliphatic carbocycles. The molecule has 0 bridgehead atoms. The van der Waals surface area contributed by atoms with Gasteiger partial charge in [-0.05, 0) is 19.1 Å². The summed E-state index contributed by atoms with van der Waals surface area (Å²) in [6.45, 7) is 1.86. The van der Waals surface area contributed by atoms with Crippen molar-refractivity contribution >= 4 is 21.9 Å². The maximum absolute atomic E-state index is 12.1. The quantitative estimate of drug-likeness (QED) is 0.331. The Morgan fingerprint density at radius 1 is 1.33 bits per heavy atom. The Balaban J connectivity index is 2.81. The first-order valence-electron chi connectivity index (χ1n) is 5.81. The fraction of sp³-hybridized carbons (Fsp3) is 0.308. The number of carbonyl (C=O) groups is 1.